The Hall–Kier alpha value is -1.03. The summed E-state index contributed by atoms with van der Waals surface area (Å²) >= 11 is 3.39. The summed E-state index contributed by atoms with van der Waals surface area (Å²) < 4.78 is 0.787. The van der Waals surface area contributed by atoms with Gasteiger partial charge in [0.1, 0.15) is 0 Å². The SMILES string of the molecule is CCC(CC1CC1)NC(=O)c1cc(N)ccc1Br. The quantitative estimate of drug-likeness (QED) is 0.820. The molecule has 1 aliphatic rings. The van der Waals surface area contributed by atoms with Crippen LogP contribution in [0.5, 0.6) is 0 Å². The van der Waals surface area contributed by atoms with Crippen LogP contribution in [0.15, 0.2) is 22.7 Å². The molecule has 0 bridgehead atoms. The zero-order valence-electron chi connectivity index (χ0n) is 10.6. The molecule has 4 heteroatoms. The van der Waals surface area contributed by atoms with Gasteiger partial charge in [0.2, 0.25) is 0 Å². The van der Waals surface area contributed by atoms with Gasteiger partial charge in [-0.15, -0.1) is 0 Å². The molecule has 1 aromatic carbocycles. The van der Waals surface area contributed by atoms with Gasteiger partial charge < -0.3 is 11.1 Å². The third-order valence-corrected chi connectivity index (χ3v) is 4.07. The number of nitrogen functional groups attached to an aromatic ring is 1. The van der Waals surface area contributed by atoms with E-state index in [4.69, 9.17) is 5.73 Å². The van der Waals surface area contributed by atoms with Gasteiger partial charge in [-0.3, -0.25) is 4.79 Å². The summed E-state index contributed by atoms with van der Waals surface area (Å²) in [4.78, 5) is 12.2. The Bertz CT molecular complexity index is 443. The fourth-order valence-corrected chi connectivity index (χ4v) is 2.49. The monoisotopic (exact) mass is 310 g/mol. The number of benzene rings is 1. The fraction of sp³-hybridized carbons (Fsp3) is 0.500. The number of carbonyl (C=O) groups is 1. The second-order valence-electron chi connectivity index (χ2n) is 5.00. The molecule has 0 aromatic heterocycles. The number of hydrogen-bond donors (Lipinski definition) is 2. The first-order valence-electron chi connectivity index (χ1n) is 6.46. The van der Waals surface area contributed by atoms with Crippen LogP contribution >= 0.6 is 15.9 Å². The normalized spacial score (nSPS) is 16.3. The van der Waals surface area contributed by atoms with Crippen LogP contribution in [-0.4, -0.2) is 11.9 Å². The summed E-state index contributed by atoms with van der Waals surface area (Å²) in [5, 5.41) is 3.10. The molecule has 1 aromatic rings. The molecule has 0 aliphatic heterocycles. The minimum atomic E-state index is -0.0401. The van der Waals surface area contributed by atoms with Crippen molar-refractivity contribution in [3.8, 4) is 0 Å². The highest BCUT2D eigenvalue weighted by atomic mass is 79.9. The summed E-state index contributed by atoms with van der Waals surface area (Å²) in [6.07, 6.45) is 4.70. The Morgan fingerprint density at radius 3 is 2.89 bits per heavy atom. The molecule has 1 amide bonds. The number of halogens is 1. The molecule has 0 radical (unpaired) electrons. The van der Waals surface area contributed by atoms with Crippen LogP contribution < -0.4 is 11.1 Å². The van der Waals surface area contributed by atoms with E-state index in [-0.39, 0.29) is 11.9 Å². The van der Waals surface area contributed by atoms with E-state index in [1.165, 1.54) is 12.8 Å². The molecule has 18 heavy (non-hydrogen) atoms. The molecule has 1 aliphatic carbocycles. The van der Waals surface area contributed by atoms with Crippen molar-refractivity contribution >= 4 is 27.5 Å². The molecule has 98 valence electrons. The second kappa shape index (κ2) is 5.74. The first-order valence-corrected chi connectivity index (χ1v) is 7.25. The predicted molar refractivity (Wildman–Crippen MR) is 77.4 cm³/mol. The summed E-state index contributed by atoms with van der Waals surface area (Å²) in [5.74, 6) is 0.779. The smallest absolute Gasteiger partial charge is 0.252 e. The molecular formula is C14H19BrN2O. The van der Waals surface area contributed by atoms with Crippen molar-refractivity contribution in [3.05, 3.63) is 28.2 Å². The minimum absolute atomic E-state index is 0.0401. The van der Waals surface area contributed by atoms with E-state index < -0.39 is 0 Å². The topological polar surface area (TPSA) is 55.1 Å². The minimum Gasteiger partial charge on any atom is -0.399 e. The number of rotatable bonds is 5. The molecule has 3 N–H and O–H groups in total. The highest BCUT2D eigenvalue weighted by Crippen LogP contribution is 2.34. The molecule has 1 unspecified atom stereocenters. The van der Waals surface area contributed by atoms with Gasteiger partial charge in [0.25, 0.3) is 5.91 Å². The van der Waals surface area contributed by atoms with Gasteiger partial charge in [0, 0.05) is 16.2 Å². The average Bonchev–Trinajstić information content (AvgIpc) is 3.15. The highest BCUT2D eigenvalue weighted by Gasteiger charge is 2.26. The highest BCUT2D eigenvalue weighted by molar-refractivity contribution is 9.10. The van der Waals surface area contributed by atoms with Crippen LogP contribution in [-0.2, 0) is 0 Å². The Morgan fingerprint density at radius 2 is 2.28 bits per heavy atom. The average molecular weight is 311 g/mol. The Kier molecular flexibility index (Phi) is 4.27. The van der Waals surface area contributed by atoms with Crippen molar-refractivity contribution < 1.29 is 4.79 Å². The van der Waals surface area contributed by atoms with Crippen molar-refractivity contribution in [1.29, 1.82) is 0 Å². The number of nitrogens with one attached hydrogen (secondary N) is 1. The lowest BCUT2D eigenvalue weighted by atomic mass is 10.1. The standard InChI is InChI=1S/C14H19BrN2O/c1-2-11(7-9-3-4-9)17-14(18)12-8-10(16)5-6-13(12)15/h5-6,8-9,11H,2-4,7,16H2,1H3,(H,17,18). The number of amides is 1. The molecule has 3 nitrogen and oxygen atoms in total. The van der Waals surface area contributed by atoms with E-state index in [0.717, 1.165) is 23.2 Å². The van der Waals surface area contributed by atoms with Gasteiger partial charge >= 0.3 is 0 Å². The summed E-state index contributed by atoms with van der Waals surface area (Å²) in [6.45, 7) is 2.11. The van der Waals surface area contributed by atoms with E-state index in [1.54, 1.807) is 12.1 Å². The lowest BCUT2D eigenvalue weighted by Crippen LogP contribution is -2.35. The largest absolute Gasteiger partial charge is 0.399 e. The Morgan fingerprint density at radius 1 is 1.56 bits per heavy atom. The van der Waals surface area contributed by atoms with Gasteiger partial charge in [-0.1, -0.05) is 19.8 Å². The fourth-order valence-electron chi connectivity index (χ4n) is 2.06. The summed E-state index contributed by atoms with van der Waals surface area (Å²) in [5.41, 5.74) is 6.94. The van der Waals surface area contributed by atoms with Crippen molar-refractivity contribution in [1.82, 2.24) is 5.32 Å². The van der Waals surface area contributed by atoms with Crippen LogP contribution in [0, 0.1) is 5.92 Å². The van der Waals surface area contributed by atoms with E-state index in [2.05, 4.69) is 28.2 Å². The number of nitrogens with two attached hydrogens (primary N) is 1. The van der Waals surface area contributed by atoms with Gasteiger partial charge in [-0.25, -0.2) is 0 Å². The van der Waals surface area contributed by atoms with Crippen molar-refractivity contribution in [2.75, 3.05) is 5.73 Å². The van der Waals surface area contributed by atoms with Crippen LogP contribution in [0.1, 0.15) is 43.0 Å². The summed E-state index contributed by atoms with van der Waals surface area (Å²) in [6, 6.07) is 5.58. The maximum atomic E-state index is 12.2. The van der Waals surface area contributed by atoms with Gasteiger partial charge in [0.05, 0.1) is 5.56 Å². The molecule has 0 heterocycles. The molecule has 1 atom stereocenters. The zero-order chi connectivity index (χ0) is 13.1. The lowest BCUT2D eigenvalue weighted by molar-refractivity contribution is 0.0932. The maximum absolute atomic E-state index is 12.2. The first kappa shape index (κ1) is 13.4. The molecule has 0 spiro atoms. The molecule has 1 saturated carbocycles. The zero-order valence-corrected chi connectivity index (χ0v) is 12.2. The molecule has 0 saturated heterocycles. The van der Waals surface area contributed by atoms with Crippen LogP contribution in [0.25, 0.3) is 0 Å². The number of anilines is 1. The maximum Gasteiger partial charge on any atom is 0.252 e. The third kappa shape index (κ3) is 3.48. The van der Waals surface area contributed by atoms with Crippen LogP contribution in [0.4, 0.5) is 5.69 Å². The van der Waals surface area contributed by atoms with E-state index in [1.807, 2.05) is 6.07 Å². The van der Waals surface area contributed by atoms with Crippen LogP contribution in [0.3, 0.4) is 0 Å². The van der Waals surface area contributed by atoms with E-state index in [0.29, 0.717) is 11.3 Å². The van der Waals surface area contributed by atoms with Gasteiger partial charge in [-0.05, 0) is 52.9 Å². The Labute approximate surface area is 116 Å². The van der Waals surface area contributed by atoms with Gasteiger partial charge in [0.15, 0.2) is 0 Å². The molecular weight excluding hydrogens is 292 g/mol. The third-order valence-electron chi connectivity index (χ3n) is 3.38. The van der Waals surface area contributed by atoms with E-state index in [9.17, 15) is 4.79 Å². The van der Waals surface area contributed by atoms with Crippen molar-refractivity contribution in [2.24, 2.45) is 5.92 Å². The predicted octanol–water partition coefficient (Wildman–Crippen LogP) is 3.34. The van der Waals surface area contributed by atoms with Crippen LogP contribution in [0.2, 0.25) is 0 Å². The lowest BCUT2D eigenvalue weighted by Gasteiger charge is -2.17. The molecule has 2 rings (SSSR count). The first-order chi connectivity index (χ1) is 8.60. The number of hydrogen-bond acceptors (Lipinski definition) is 2. The van der Waals surface area contributed by atoms with E-state index >= 15 is 0 Å². The second-order valence-corrected chi connectivity index (χ2v) is 5.85. The van der Waals surface area contributed by atoms with Gasteiger partial charge in [-0.2, -0.15) is 0 Å². The summed E-state index contributed by atoms with van der Waals surface area (Å²) in [7, 11) is 0. The Balaban J connectivity index is 2.02. The van der Waals surface area contributed by atoms with Crippen molar-refractivity contribution in [2.45, 2.75) is 38.6 Å². The molecule has 1 fully saturated rings. The number of carbonyl (C=O) groups excluding carboxylic acids is 1. The van der Waals surface area contributed by atoms with Crippen molar-refractivity contribution in [3.63, 3.8) is 0 Å².